The smallest absolute Gasteiger partial charge is 0.223 e. The van der Waals surface area contributed by atoms with Gasteiger partial charge in [0, 0.05) is 12.5 Å². The zero-order valence-electron chi connectivity index (χ0n) is 11.4. The van der Waals surface area contributed by atoms with E-state index in [1.165, 1.54) is 17.5 Å². The molecule has 1 amide bonds. The molecule has 1 aromatic carbocycles. The Morgan fingerprint density at radius 2 is 2.21 bits per heavy atom. The van der Waals surface area contributed by atoms with Gasteiger partial charge in [0.2, 0.25) is 5.91 Å². The zero-order valence-corrected chi connectivity index (χ0v) is 11.4. The molecule has 2 aliphatic carbocycles. The fourth-order valence-corrected chi connectivity index (χ4v) is 2.95. The monoisotopic (exact) mass is 259 g/mol. The van der Waals surface area contributed by atoms with Gasteiger partial charge in [-0.3, -0.25) is 4.79 Å². The Morgan fingerprint density at radius 3 is 2.95 bits per heavy atom. The Hall–Kier alpha value is -1.51. The number of carbonyl (C=O) groups excluding carboxylic acids is 1. The van der Waals surface area contributed by atoms with Crippen molar-refractivity contribution in [2.45, 2.75) is 38.0 Å². The average Bonchev–Trinajstić information content (AvgIpc) is 3.21. The molecule has 2 aliphatic rings. The lowest BCUT2D eigenvalue weighted by atomic mass is 9.97. The van der Waals surface area contributed by atoms with Crippen LogP contribution in [-0.2, 0) is 11.2 Å². The normalized spacial score (nSPS) is 21.0. The van der Waals surface area contributed by atoms with Crippen LogP contribution in [-0.4, -0.2) is 19.6 Å². The topological polar surface area (TPSA) is 38.3 Å². The SMILES string of the molecule is COc1ccc2c(c1)C(CCNC(=O)C1CC1)CC2. The number of methoxy groups -OCH3 is 1. The number of benzene rings is 1. The first-order valence-corrected chi connectivity index (χ1v) is 7.22. The summed E-state index contributed by atoms with van der Waals surface area (Å²) in [6.07, 6.45) is 5.55. The van der Waals surface area contributed by atoms with Gasteiger partial charge in [0.1, 0.15) is 5.75 Å². The molecule has 1 atom stereocenters. The van der Waals surface area contributed by atoms with E-state index in [1.807, 2.05) is 6.07 Å². The molecular weight excluding hydrogens is 238 g/mol. The summed E-state index contributed by atoms with van der Waals surface area (Å²) in [5, 5.41) is 3.06. The first kappa shape index (κ1) is 12.5. The molecule has 1 fully saturated rings. The highest BCUT2D eigenvalue weighted by Crippen LogP contribution is 2.37. The number of amides is 1. The van der Waals surface area contributed by atoms with E-state index in [9.17, 15) is 4.79 Å². The van der Waals surface area contributed by atoms with Gasteiger partial charge in [-0.15, -0.1) is 0 Å². The Morgan fingerprint density at radius 1 is 1.37 bits per heavy atom. The van der Waals surface area contributed by atoms with Crippen LogP contribution in [0.1, 0.15) is 42.7 Å². The van der Waals surface area contributed by atoms with E-state index in [4.69, 9.17) is 4.74 Å². The highest BCUT2D eigenvalue weighted by Gasteiger charge is 2.29. The van der Waals surface area contributed by atoms with Crippen molar-refractivity contribution in [3.8, 4) is 5.75 Å². The third-order valence-corrected chi connectivity index (χ3v) is 4.30. The molecule has 3 rings (SSSR count). The molecule has 1 saturated carbocycles. The molecule has 1 N–H and O–H groups in total. The maximum Gasteiger partial charge on any atom is 0.223 e. The van der Waals surface area contributed by atoms with Crippen molar-refractivity contribution in [2.24, 2.45) is 5.92 Å². The Labute approximate surface area is 114 Å². The van der Waals surface area contributed by atoms with Crippen molar-refractivity contribution >= 4 is 5.91 Å². The lowest BCUT2D eigenvalue weighted by molar-refractivity contribution is -0.122. The van der Waals surface area contributed by atoms with Crippen LogP contribution in [0, 0.1) is 5.92 Å². The number of fused-ring (bicyclic) bond motifs is 1. The van der Waals surface area contributed by atoms with Gasteiger partial charge in [0.15, 0.2) is 0 Å². The fraction of sp³-hybridized carbons (Fsp3) is 0.562. The number of hydrogen-bond donors (Lipinski definition) is 1. The standard InChI is InChI=1S/C16H21NO2/c1-19-14-7-6-11-2-3-12(15(11)10-14)8-9-17-16(18)13-4-5-13/h6-7,10,12-13H,2-5,8-9H2,1H3,(H,17,18). The lowest BCUT2D eigenvalue weighted by Gasteiger charge is -2.13. The third-order valence-electron chi connectivity index (χ3n) is 4.30. The van der Waals surface area contributed by atoms with Crippen LogP contribution in [0.15, 0.2) is 18.2 Å². The van der Waals surface area contributed by atoms with Crippen LogP contribution >= 0.6 is 0 Å². The fourth-order valence-electron chi connectivity index (χ4n) is 2.95. The minimum Gasteiger partial charge on any atom is -0.497 e. The van der Waals surface area contributed by atoms with Crippen LogP contribution in [0.3, 0.4) is 0 Å². The predicted molar refractivity (Wildman–Crippen MR) is 74.4 cm³/mol. The molecule has 0 radical (unpaired) electrons. The molecule has 0 heterocycles. The third kappa shape index (κ3) is 2.75. The van der Waals surface area contributed by atoms with Gasteiger partial charge < -0.3 is 10.1 Å². The molecule has 0 aromatic heterocycles. The molecule has 0 saturated heterocycles. The van der Waals surface area contributed by atoms with Gasteiger partial charge in [-0.2, -0.15) is 0 Å². The summed E-state index contributed by atoms with van der Waals surface area (Å²) in [4.78, 5) is 11.6. The van der Waals surface area contributed by atoms with E-state index in [0.717, 1.165) is 38.0 Å². The number of ether oxygens (including phenoxy) is 1. The second-order valence-corrected chi connectivity index (χ2v) is 5.65. The minimum atomic E-state index is 0.254. The van der Waals surface area contributed by atoms with Gasteiger partial charge in [-0.05, 0) is 61.3 Å². The van der Waals surface area contributed by atoms with Crippen LogP contribution in [0.5, 0.6) is 5.75 Å². The highest BCUT2D eigenvalue weighted by molar-refractivity contribution is 5.80. The summed E-state index contributed by atoms with van der Waals surface area (Å²) < 4.78 is 5.30. The summed E-state index contributed by atoms with van der Waals surface area (Å²) in [5.41, 5.74) is 2.86. The minimum absolute atomic E-state index is 0.254. The summed E-state index contributed by atoms with van der Waals surface area (Å²) in [6.45, 7) is 0.802. The number of hydrogen-bond acceptors (Lipinski definition) is 2. The number of aryl methyl sites for hydroxylation is 1. The van der Waals surface area contributed by atoms with E-state index in [1.54, 1.807) is 7.11 Å². The van der Waals surface area contributed by atoms with Crippen molar-refractivity contribution in [1.29, 1.82) is 0 Å². The van der Waals surface area contributed by atoms with E-state index in [0.29, 0.717) is 11.8 Å². The van der Waals surface area contributed by atoms with Crippen molar-refractivity contribution in [2.75, 3.05) is 13.7 Å². The van der Waals surface area contributed by atoms with Crippen molar-refractivity contribution < 1.29 is 9.53 Å². The number of nitrogens with one attached hydrogen (secondary N) is 1. The maximum atomic E-state index is 11.6. The molecule has 1 aromatic rings. The molecule has 0 spiro atoms. The number of carbonyl (C=O) groups is 1. The molecular formula is C16H21NO2. The number of rotatable bonds is 5. The van der Waals surface area contributed by atoms with Crippen molar-refractivity contribution in [3.63, 3.8) is 0 Å². The summed E-state index contributed by atoms with van der Waals surface area (Å²) in [7, 11) is 1.71. The Kier molecular flexibility index (Phi) is 3.45. The van der Waals surface area contributed by atoms with Crippen LogP contribution < -0.4 is 10.1 Å². The molecule has 3 heteroatoms. The zero-order chi connectivity index (χ0) is 13.2. The van der Waals surface area contributed by atoms with Gasteiger partial charge in [-0.25, -0.2) is 0 Å². The van der Waals surface area contributed by atoms with Crippen LogP contribution in [0.2, 0.25) is 0 Å². The van der Waals surface area contributed by atoms with Crippen LogP contribution in [0.4, 0.5) is 0 Å². The van der Waals surface area contributed by atoms with Crippen molar-refractivity contribution in [3.05, 3.63) is 29.3 Å². The van der Waals surface area contributed by atoms with Crippen molar-refractivity contribution in [1.82, 2.24) is 5.32 Å². The van der Waals surface area contributed by atoms with Gasteiger partial charge in [0.05, 0.1) is 7.11 Å². The molecule has 0 bridgehead atoms. The molecule has 1 unspecified atom stereocenters. The van der Waals surface area contributed by atoms with Crippen LogP contribution in [0.25, 0.3) is 0 Å². The first-order valence-electron chi connectivity index (χ1n) is 7.22. The molecule has 102 valence electrons. The molecule has 19 heavy (non-hydrogen) atoms. The van der Waals surface area contributed by atoms with E-state index in [2.05, 4.69) is 17.4 Å². The Balaban J connectivity index is 1.57. The van der Waals surface area contributed by atoms with Gasteiger partial charge >= 0.3 is 0 Å². The lowest BCUT2D eigenvalue weighted by Crippen LogP contribution is -2.26. The quantitative estimate of drug-likeness (QED) is 0.882. The summed E-state index contributed by atoms with van der Waals surface area (Å²) in [5.74, 6) is 2.08. The summed E-state index contributed by atoms with van der Waals surface area (Å²) in [6, 6.07) is 6.38. The second-order valence-electron chi connectivity index (χ2n) is 5.65. The predicted octanol–water partition coefficient (Wildman–Crippen LogP) is 2.64. The van der Waals surface area contributed by atoms with E-state index < -0.39 is 0 Å². The average molecular weight is 259 g/mol. The van der Waals surface area contributed by atoms with Gasteiger partial charge in [-0.1, -0.05) is 6.07 Å². The maximum absolute atomic E-state index is 11.6. The van der Waals surface area contributed by atoms with Gasteiger partial charge in [0.25, 0.3) is 0 Å². The second kappa shape index (κ2) is 5.24. The Bertz CT molecular complexity index is 480. The summed E-state index contributed by atoms with van der Waals surface area (Å²) >= 11 is 0. The molecule has 0 aliphatic heterocycles. The first-order chi connectivity index (χ1) is 9.28. The molecule has 3 nitrogen and oxygen atoms in total. The van der Waals surface area contributed by atoms with E-state index >= 15 is 0 Å². The highest BCUT2D eigenvalue weighted by atomic mass is 16.5. The largest absolute Gasteiger partial charge is 0.497 e. The van der Waals surface area contributed by atoms with E-state index in [-0.39, 0.29) is 5.91 Å².